The van der Waals surface area contributed by atoms with E-state index in [0.717, 1.165) is 0 Å². The van der Waals surface area contributed by atoms with E-state index in [2.05, 4.69) is 5.48 Å². The molecule has 3 atom stereocenters. The molecular formula is C19H17NO5+. The van der Waals surface area contributed by atoms with E-state index in [-0.39, 0.29) is 0 Å². The zero-order valence-corrected chi connectivity index (χ0v) is 13.2. The van der Waals surface area contributed by atoms with Crippen LogP contribution in [0, 0.1) is 0 Å². The Kier molecular flexibility index (Phi) is 5.23. The van der Waals surface area contributed by atoms with Crippen molar-refractivity contribution in [3.8, 4) is 0 Å². The number of aliphatic hydroxyl groups is 1. The summed E-state index contributed by atoms with van der Waals surface area (Å²) in [6, 6.07) is 16.2. The molecule has 25 heavy (non-hydrogen) atoms. The number of nitrogens with one attached hydrogen (secondary N) is 1. The van der Waals surface area contributed by atoms with Gasteiger partial charge >= 0.3 is 11.9 Å². The van der Waals surface area contributed by atoms with Gasteiger partial charge in [0.1, 0.15) is 11.6 Å². The lowest BCUT2D eigenvalue weighted by Gasteiger charge is -2.18. The van der Waals surface area contributed by atoms with E-state index >= 15 is 0 Å². The predicted molar refractivity (Wildman–Crippen MR) is 89.6 cm³/mol. The largest absolute Gasteiger partial charge is 0.608 e. The molecule has 1 aliphatic rings. The number of benzene rings is 2. The Bertz CT molecular complexity index is 760. The Balaban J connectivity index is 1.60. The highest BCUT2D eigenvalue weighted by Gasteiger charge is 2.40. The Labute approximate surface area is 144 Å². The zero-order chi connectivity index (χ0) is 17.6. The lowest BCUT2D eigenvalue weighted by atomic mass is 10.2. The number of esters is 1. The molecule has 0 amide bonds. The van der Waals surface area contributed by atoms with Crippen molar-refractivity contribution in [2.45, 2.75) is 18.2 Å². The fraction of sp³-hybridized carbons (Fsp3) is 0.158. The number of ether oxygens (including phenoxy) is 1. The number of hydrogen-bond acceptors (Lipinski definition) is 6. The Morgan fingerprint density at radius 3 is 2.20 bits per heavy atom. The van der Waals surface area contributed by atoms with Gasteiger partial charge in [-0.1, -0.05) is 42.5 Å². The van der Waals surface area contributed by atoms with E-state index < -0.39 is 30.2 Å². The number of rotatable bonds is 5. The summed E-state index contributed by atoms with van der Waals surface area (Å²) in [5.41, 5.74) is 3.27. The number of hydroxylamine groups is 1. The molecular weight excluding hydrogens is 322 g/mol. The summed E-state index contributed by atoms with van der Waals surface area (Å²) in [5, 5.41) is 9.99. The van der Waals surface area contributed by atoms with Crippen LogP contribution in [0.3, 0.4) is 0 Å². The van der Waals surface area contributed by atoms with Crippen molar-refractivity contribution >= 4 is 11.9 Å². The van der Waals surface area contributed by atoms with Gasteiger partial charge in [0.15, 0.2) is 0 Å². The van der Waals surface area contributed by atoms with E-state index in [9.17, 15) is 14.7 Å². The second-order valence-corrected chi connectivity index (χ2v) is 5.51. The topological polar surface area (TPSA) is 87.7 Å². The summed E-state index contributed by atoms with van der Waals surface area (Å²) in [5.74, 6) is -1.11. The molecule has 0 heterocycles. The summed E-state index contributed by atoms with van der Waals surface area (Å²) in [7, 11) is 0. The van der Waals surface area contributed by atoms with Crippen LogP contribution in [0.1, 0.15) is 20.7 Å². The summed E-state index contributed by atoms with van der Waals surface area (Å²) in [4.78, 5) is 29.1. The van der Waals surface area contributed by atoms with Gasteiger partial charge in [-0.3, -0.25) is 0 Å². The minimum absolute atomic E-state index is 0.369. The maximum atomic E-state index is 12.1. The normalized spacial score (nSPS) is 21.7. The Morgan fingerprint density at radius 1 is 0.960 bits per heavy atom. The number of carbonyl (C=O) groups excluding carboxylic acids is 2. The smallest absolute Gasteiger partial charge is 0.387 e. The van der Waals surface area contributed by atoms with E-state index in [1.807, 2.05) is 0 Å². The van der Waals surface area contributed by atoms with E-state index in [0.29, 0.717) is 11.1 Å². The van der Waals surface area contributed by atoms with Crippen LogP contribution in [0.5, 0.6) is 0 Å². The Hall–Kier alpha value is -2.96. The van der Waals surface area contributed by atoms with Crippen LogP contribution in [-0.4, -0.2) is 35.3 Å². The van der Waals surface area contributed by atoms with Crippen LogP contribution in [0.2, 0.25) is 0 Å². The second-order valence-electron chi connectivity index (χ2n) is 5.51. The molecule has 0 bridgehead atoms. The van der Waals surface area contributed by atoms with E-state index in [1.165, 1.54) is 6.08 Å². The van der Waals surface area contributed by atoms with Crippen molar-refractivity contribution in [2.24, 2.45) is 0 Å². The van der Waals surface area contributed by atoms with Gasteiger partial charge in [-0.2, -0.15) is 0 Å². The molecule has 0 saturated heterocycles. The van der Waals surface area contributed by atoms with Crippen molar-refractivity contribution in [1.82, 2.24) is 5.48 Å². The summed E-state index contributed by atoms with van der Waals surface area (Å²) in [6.45, 7) is 0. The molecule has 1 aliphatic carbocycles. The minimum atomic E-state index is -0.947. The molecule has 3 rings (SSSR count). The lowest BCUT2D eigenvalue weighted by Crippen LogP contribution is -2.46. The molecule has 0 unspecified atom stereocenters. The highest BCUT2D eigenvalue weighted by atomic mass is 16.7. The van der Waals surface area contributed by atoms with Crippen LogP contribution in [0.4, 0.5) is 0 Å². The van der Waals surface area contributed by atoms with Crippen molar-refractivity contribution in [3.63, 3.8) is 0 Å². The van der Waals surface area contributed by atoms with Crippen LogP contribution >= 0.6 is 0 Å². The van der Waals surface area contributed by atoms with Gasteiger partial charge < -0.3 is 14.7 Å². The fourth-order valence-corrected chi connectivity index (χ4v) is 2.43. The van der Waals surface area contributed by atoms with Crippen molar-refractivity contribution in [1.29, 1.82) is 0 Å². The van der Waals surface area contributed by atoms with Crippen molar-refractivity contribution in [2.75, 3.05) is 0 Å². The highest BCUT2D eigenvalue weighted by molar-refractivity contribution is 5.90. The van der Waals surface area contributed by atoms with Gasteiger partial charge in [0.2, 0.25) is 6.10 Å². The molecule has 0 spiro atoms. The second kappa shape index (κ2) is 7.74. The van der Waals surface area contributed by atoms with Gasteiger partial charge in [0.25, 0.3) is 0 Å². The van der Waals surface area contributed by atoms with Gasteiger partial charge in [-0.15, -0.1) is 5.48 Å². The van der Waals surface area contributed by atoms with Crippen molar-refractivity contribution < 1.29 is 24.3 Å². The quantitative estimate of drug-likeness (QED) is 0.374. The molecule has 0 fully saturated rings. The monoisotopic (exact) mass is 339 g/mol. The van der Waals surface area contributed by atoms with Crippen molar-refractivity contribution in [3.05, 3.63) is 83.9 Å². The fourth-order valence-electron chi connectivity index (χ4n) is 2.43. The molecule has 127 valence electrons. The lowest BCUT2D eigenvalue weighted by molar-refractivity contribution is -0.0260. The summed E-state index contributed by atoms with van der Waals surface area (Å²) in [6.07, 6.45) is 1.33. The molecule has 1 radical (unpaired) electrons. The Morgan fingerprint density at radius 2 is 1.56 bits per heavy atom. The predicted octanol–water partition coefficient (Wildman–Crippen LogP) is 1.87. The van der Waals surface area contributed by atoms with Crippen LogP contribution in [0.25, 0.3) is 0 Å². The van der Waals surface area contributed by atoms with E-state index in [4.69, 9.17) is 9.57 Å². The SMILES string of the molecule is O=C(ON[C@H]1[C@H](O)C=C[C@@H]1OC(=[O+])c1ccccc1)c1ccccc1. The molecule has 0 saturated carbocycles. The van der Waals surface area contributed by atoms with E-state index in [1.54, 1.807) is 66.7 Å². The maximum absolute atomic E-state index is 12.1. The third-order valence-corrected chi connectivity index (χ3v) is 3.77. The first-order valence-corrected chi connectivity index (χ1v) is 7.79. The summed E-state index contributed by atoms with van der Waals surface area (Å²) >= 11 is 0. The average molecular weight is 339 g/mol. The molecule has 6 heteroatoms. The minimum Gasteiger partial charge on any atom is -0.387 e. The van der Waals surface area contributed by atoms with Crippen LogP contribution in [-0.2, 0) is 9.57 Å². The van der Waals surface area contributed by atoms with Gasteiger partial charge in [0, 0.05) is 0 Å². The number of carbonyl (C=O) groups is 2. The molecule has 0 aromatic heterocycles. The first-order valence-electron chi connectivity index (χ1n) is 7.79. The molecule has 0 aliphatic heterocycles. The highest BCUT2D eigenvalue weighted by Crippen LogP contribution is 2.18. The van der Waals surface area contributed by atoms with Gasteiger partial charge in [-0.25, -0.2) is 4.79 Å². The third kappa shape index (κ3) is 4.12. The zero-order valence-electron chi connectivity index (χ0n) is 13.2. The number of aliphatic hydroxyl groups excluding tert-OH is 1. The first-order chi connectivity index (χ1) is 12.1. The third-order valence-electron chi connectivity index (χ3n) is 3.77. The molecule has 6 nitrogen and oxygen atoms in total. The molecule has 2 N–H and O–H groups in total. The first kappa shape index (κ1) is 16.9. The average Bonchev–Trinajstić information content (AvgIpc) is 3.00. The van der Waals surface area contributed by atoms with Gasteiger partial charge in [-0.05, 0) is 30.3 Å². The van der Waals surface area contributed by atoms with Gasteiger partial charge in [0.05, 0.1) is 16.5 Å². The number of hydrogen-bond donors (Lipinski definition) is 2. The molecule has 2 aromatic rings. The maximum Gasteiger partial charge on any atom is 0.608 e. The van der Waals surface area contributed by atoms with Crippen LogP contribution in [0.15, 0.2) is 72.8 Å². The summed E-state index contributed by atoms with van der Waals surface area (Å²) < 4.78 is 5.38. The molecule has 2 aromatic carbocycles. The van der Waals surface area contributed by atoms with Crippen LogP contribution < -0.4 is 5.48 Å². The standard InChI is InChI=1S/C19H17NO5/c21-15-11-12-16(24-18(22)13-7-3-1-4-8-13)17(15)20-25-19(23)14-9-5-2-6-10-14/h1-12,15-17,20-21H/q+1/t15-,16+,17+/m1/s1.